The van der Waals surface area contributed by atoms with Crippen molar-refractivity contribution in [1.82, 2.24) is 4.31 Å². The minimum atomic E-state index is -3.50. The van der Waals surface area contributed by atoms with Crippen LogP contribution in [0.15, 0.2) is 53.4 Å². The quantitative estimate of drug-likeness (QED) is 0.723. The second-order valence-electron chi connectivity index (χ2n) is 6.19. The van der Waals surface area contributed by atoms with Gasteiger partial charge >= 0.3 is 5.97 Å². The predicted octanol–water partition coefficient (Wildman–Crippen LogP) is 3.87. The van der Waals surface area contributed by atoms with Gasteiger partial charge in [0.1, 0.15) is 6.61 Å². The topological polar surface area (TPSA) is 63.7 Å². The molecule has 0 aromatic heterocycles. The zero-order valence-corrected chi connectivity index (χ0v) is 15.8. The molecule has 0 atom stereocenters. The van der Waals surface area contributed by atoms with E-state index in [0.717, 1.165) is 24.8 Å². The van der Waals surface area contributed by atoms with E-state index in [2.05, 4.69) is 0 Å². The molecule has 26 heavy (non-hydrogen) atoms. The Hall–Kier alpha value is -1.89. The van der Waals surface area contributed by atoms with E-state index in [4.69, 9.17) is 16.3 Å². The van der Waals surface area contributed by atoms with E-state index in [0.29, 0.717) is 23.7 Å². The van der Waals surface area contributed by atoms with Crippen LogP contribution in [-0.4, -0.2) is 31.8 Å². The van der Waals surface area contributed by atoms with Gasteiger partial charge in [0.05, 0.1) is 10.5 Å². The lowest BCUT2D eigenvalue weighted by Gasteiger charge is -2.25. The smallest absolute Gasteiger partial charge is 0.338 e. The van der Waals surface area contributed by atoms with Crippen LogP contribution >= 0.6 is 11.6 Å². The molecule has 3 rings (SSSR count). The van der Waals surface area contributed by atoms with Crippen molar-refractivity contribution < 1.29 is 17.9 Å². The number of nitrogens with zero attached hydrogens (tertiary/aromatic N) is 1. The van der Waals surface area contributed by atoms with E-state index in [1.807, 2.05) is 0 Å². The van der Waals surface area contributed by atoms with Gasteiger partial charge in [-0.3, -0.25) is 0 Å². The average Bonchev–Trinajstić information content (AvgIpc) is 2.68. The molecular formula is C19H20ClNO4S. The summed E-state index contributed by atoms with van der Waals surface area (Å²) in [4.78, 5) is 12.3. The summed E-state index contributed by atoms with van der Waals surface area (Å²) in [6, 6.07) is 12.9. The molecule has 0 saturated carbocycles. The number of sulfonamides is 1. The molecule has 0 N–H and O–H groups in total. The fourth-order valence-corrected chi connectivity index (χ4v) is 4.47. The highest BCUT2D eigenvalue weighted by Crippen LogP contribution is 2.21. The van der Waals surface area contributed by atoms with E-state index >= 15 is 0 Å². The van der Waals surface area contributed by atoms with E-state index in [9.17, 15) is 13.2 Å². The fraction of sp³-hybridized carbons (Fsp3) is 0.316. The Kier molecular flexibility index (Phi) is 5.96. The summed E-state index contributed by atoms with van der Waals surface area (Å²) in [5.74, 6) is -0.498. The SMILES string of the molecule is O=C(OCc1ccc(Cl)cc1)c1ccc(S(=O)(=O)N2CCCCC2)cc1. The third-order valence-corrected chi connectivity index (χ3v) is 6.49. The summed E-state index contributed by atoms with van der Waals surface area (Å²) in [6.45, 7) is 1.23. The van der Waals surface area contributed by atoms with Crippen LogP contribution in [0.4, 0.5) is 0 Å². The van der Waals surface area contributed by atoms with Gasteiger partial charge in [-0.2, -0.15) is 4.31 Å². The lowest BCUT2D eigenvalue weighted by atomic mass is 10.2. The summed E-state index contributed by atoms with van der Waals surface area (Å²) in [5.41, 5.74) is 1.14. The molecule has 1 heterocycles. The first-order chi connectivity index (χ1) is 12.5. The summed E-state index contributed by atoms with van der Waals surface area (Å²) >= 11 is 5.82. The minimum Gasteiger partial charge on any atom is -0.457 e. The minimum absolute atomic E-state index is 0.129. The number of esters is 1. The predicted molar refractivity (Wildman–Crippen MR) is 99.6 cm³/mol. The lowest BCUT2D eigenvalue weighted by Crippen LogP contribution is -2.35. The van der Waals surface area contributed by atoms with Crippen LogP contribution in [0, 0.1) is 0 Å². The molecule has 7 heteroatoms. The molecule has 1 aliphatic heterocycles. The maximum absolute atomic E-state index is 12.6. The number of carbonyl (C=O) groups excluding carboxylic acids is 1. The van der Waals surface area contributed by atoms with Crippen LogP contribution < -0.4 is 0 Å². The van der Waals surface area contributed by atoms with E-state index in [1.165, 1.54) is 28.6 Å². The number of halogens is 1. The zero-order valence-electron chi connectivity index (χ0n) is 14.2. The number of hydrogen-bond donors (Lipinski definition) is 0. The van der Waals surface area contributed by atoms with Gasteiger partial charge in [0, 0.05) is 18.1 Å². The highest BCUT2D eigenvalue weighted by atomic mass is 35.5. The molecule has 0 amide bonds. The third-order valence-electron chi connectivity index (χ3n) is 4.33. The molecule has 1 aliphatic rings. The van der Waals surface area contributed by atoms with Gasteiger partial charge in [-0.15, -0.1) is 0 Å². The Bertz CT molecular complexity index is 857. The van der Waals surface area contributed by atoms with Crippen molar-refractivity contribution in [3.8, 4) is 0 Å². The molecule has 2 aromatic rings. The number of ether oxygens (including phenoxy) is 1. The van der Waals surface area contributed by atoms with E-state index in [-0.39, 0.29) is 11.5 Å². The number of rotatable bonds is 5. The first-order valence-electron chi connectivity index (χ1n) is 8.48. The second kappa shape index (κ2) is 8.20. The van der Waals surface area contributed by atoms with Crippen molar-refractivity contribution in [1.29, 1.82) is 0 Å². The number of piperidine rings is 1. The average molecular weight is 394 g/mol. The van der Waals surface area contributed by atoms with Crippen LogP contribution in [0.25, 0.3) is 0 Å². The van der Waals surface area contributed by atoms with Gasteiger partial charge < -0.3 is 4.74 Å². The normalized spacial score (nSPS) is 15.6. The van der Waals surface area contributed by atoms with E-state index in [1.54, 1.807) is 24.3 Å². The number of benzene rings is 2. The molecule has 0 aliphatic carbocycles. The third kappa shape index (κ3) is 4.44. The molecule has 0 spiro atoms. The standard InChI is InChI=1S/C19H20ClNO4S/c20-17-8-4-15(5-9-17)14-25-19(22)16-6-10-18(11-7-16)26(23,24)21-12-2-1-3-13-21/h4-11H,1-3,12-14H2. The van der Waals surface area contributed by atoms with Crippen LogP contribution in [0.2, 0.25) is 5.02 Å². The largest absolute Gasteiger partial charge is 0.457 e. The van der Waals surface area contributed by atoms with Crippen molar-refractivity contribution in [2.45, 2.75) is 30.8 Å². The van der Waals surface area contributed by atoms with Crippen LogP contribution in [-0.2, 0) is 21.4 Å². The fourth-order valence-electron chi connectivity index (χ4n) is 2.83. The molecule has 0 radical (unpaired) electrons. The van der Waals surface area contributed by atoms with Gasteiger partial charge in [0.2, 0.25) is 10.0 Å². The molecular weight excluding hydrogens is 374 g/mol. The molecule has 0 bridgehead atoms. The highest BCUT2D eigenvalue weighted by molar-refractivity contribution is 7.89. The first kappa shape index (κ1) is 18.9. The van der Waals surface area contributed by atoms with Gasteiger partial charge in [-0.1, -0.05) is 30.2 Å². The zero-order chi connectivity index (χ0) is 18.6. The van der Waals surface area contributed by atoms with Gasteiger partial charge in [-0.25, -0.2) is 13.2 Å². The van der Waals surface area contributed by atoms with Crippen molar-refractivity contribution in [3.63, 3.8) is 0 Å². The lowest BCUT2D eigenvalue weighted by molar-refractivity contribution is 0.0472. The summed E-state index contributed by atoms with van der Waals surface area (Å²) < 4.78 is 32.0. The molecule has 0 unspecified atom stereocenters. The van der Waals surface area contributed by atoms with Crippen molar-refractivity contribution in [3.05, 3.63) is 64.7 Å². The second-order valence-corrected chi connectivity index (χ2v) is 8.57. The molecule has 5 nitrogen and oxygen atoms in total. The van der Waals surface area contributed by atoms with Gasteiger partial charge in [-0.05, 0) is 54.8 Å². The van der Waals surface area contributed by atoms with Crippen molar-refractivity contribution in [2.75, 3.05) is 13.1 Å². The molecule has 1 fully saturated rings. The molecule has 1 saturated heterocycles. The Morgan fingerprint density at radius 1 is 0.962 bits per heavy atom. The highest BCUT2D eigenvalue weighted by Gasteiger charge is 2.26. The summed E-state index contributed by atoms with van der Waals surface area (Å²) in [7, 11) is -3.50. The molecule has 138 valence electrons. The van der Waals surface area contributed by atoms with Crippen LogP contribution in [0.3, 0.4) is 0 Å². The van der Waals surface area contributed by atoms with Crippen LogP contribution in [0.5, 0.6) is 0 Å². The summed E-state index contributed by atoms with van der Waals surface area (Å²) in [5, 5.41) is 0.616. The monoisotopic (exact) mass is 393 g/mol. The maximum Gasteiger partial charge on any atom is 0.338 e. The Balaban J connectivity index is 1.64. The number of carbonyl (C=O) groups is 1. The Labute approximate surface area is 158 Å². The van der Waals surface area contributed by atoms with Crippen molar-refractivity contribution >= 4 is 27.6 Å². The van der Waals surface area contributed by atoms with Crippen molar-refractivity contribution in [2.24, 2.45) is 0 Å². The molecule has 2 aromatic carbocycles. The van der Waals surface area contributed by atoms with Gasteiger partial charge in [0.25, 0.3) is 0 Å². The first-order valence-corrected chi connectivity index (χ1v) is 10.3. The van der Waals surface area contributed by atoms with Gasteiger partial charge in [0.15, 0.2) is 0 Å². The van der Waals surface area contributed by atoms with Crippen LogP contribution in [0.1, 0.15) is 35.2 Å². The Morgan fingerprint density at radius 2 is 1.58 bits per heavy atom. The number of hydrogen-bond acceptors (Lipinski definition) is 4. The summed E-state index contributed by atoms with van der Waals surface area (Å²) in [6.07, 6.45) is 2.83. The maximum atomic E-state index is 12.6. The Morgan fingerprint density at radius 3 is 2.19 bits per heavy atom. The van der Waals surface area contributed by atoms with E-state index < -0.39 is 16.0 Å².